The molecule has 0 saturated heterocycles. The summed E-state index contributed by atoms with van der Waals surface area (Å²) in [7, 11) is 0. The lowest BCUT2D eigenvalue weighted by Gasteiger charge is -2.23. The molecule has 3 N–H and O–H groups in total. The first-order chi connectivity index (χ1) is 9.15. The lowest BCUT2D eigenvalue weighted by molar-refractivity contribution is 0.625. The van der Waals surface area contributed by atoms with Crippen LogP contribution in [-0.2, 0) is 0 Å². The number of rotatable bonds is 4. The molecule has 1 aromatic carbocycles. The van der Waals surface area contributed by atoms with Crippen molar-refractivity contribution in [3.8, 4) is 0 Å². The van der Waals surface area contributed by atoms with Crippen molar-refractivity contribution < 1.29 is 0 Å². The molecule has 0 spiro atoms. The number of nitrogens with zero attached hydrogens (tertiary/aromatic N) is 1. The van der Waals surface area contributed by atoms with Crippen LogP contribution in [0.1, 0.15) is 29.7 Å². The Balaban J connectivity index is 2.55. The van der Waals surface area contributed by atoms with Crippen LogP contribution in [0.2, 0.25) is 0 Å². The summed E-state index contributed by atoms with van der Waals surface area (Å²) in [6.45, 7) is 5.01. The normalized spacial score (nSPS) is 12.4. The zero-order chi connectivity index (χ0) is 13.8. The van der Waals surface area contributed by atoms with Crippen LogP contribution in [0, 0.1) is 6.92 Å². The van der Waals surface area contributed by atoms with Crippen molar-refractivity contribution in [1.29, 1.82) is 0 Å². The van der Waals surface area contributed by atoms with E-state index in [2.05, 4.69) is 46.1 Å². The van der Waals surface area contributed by atoms with Crippen LogP contribution in [0.15, 0.2) is 41.0 Å². The van der Waals surface area contributed by atoms with E-state index in [-0.39, 0.29) is 6.04 Å². The van der Waals surface area contributed by atoms with Crippen molar-refractivity contribution in [3.05, 3.63) is 57.7 Å². The molecule has 0 radical (unpaired) electrons. The number of anilines is 1. The van der Waals surface area contributed by atoms with Crippen LogP contribution in [0.5, 0.6) is 0 Å². The second-order valence-corrected chi connectivity index (χ2v) is 5.29. The SMILES string of the molecule is CCNC(c1ccccc1Br)c1c(C)ccnc1N. The van der Waals surface area contributed by atoms with Crippen molar-refractivity contribution in [3.63, 3.8) is 0 Å². The van der Waals surface area contributed by atoms with E-state index >= 15 is 0 Å². The average Bonchev–Trinajstić information content (AvgIpc) is 2.38. The third-order valence-corrected chi connectivity index (χ3v) is 3.87. The molecule has 100 valence electrons. The number of hydrogen-bond donors (Lipinski definition) is 2. The first-order valence-electron chi connectivity index (χ1n) is 6.34. The van der Waals surface area contributed by atoms with E-state index in [1.807, 2.05) is 24.3 Å². The van der Waals surface area contributed by atoms with Gasteiger partial charge in [-0.1, -0.05) is 41.1 Å². The molecule has 1 heterocycles. The van der Waals surface area contributed by atoms with Gasteiger partial charge in [0.25, 0.3) is 0 Å². The number of nitrogen functional groups attached to an aromatic ring is 1. The highest BCUT2D eigenvalue weighted by Gasteiger charge is 2.20. The van der Waals surface area contributed by atoms with E-state index < -0.39 is 0 Å². The lowest BCUT2D eigenvalue weighted by atomic mass is 9.95. The summed E-state index contributed by atoms with van der Waals surface area (Å²) in [4.78, 5) is 4.22. The summed E-state index contributed by atoms with van der Waals surface area (Å²) in [5, 5.41) is 3.49. The number of hydrogen-bond acceptors (Lipinski definition) is 3. The molecule has 4 heteroatoms. The van der Waals surface area contributed by atoms with Gasteiger partial charge in [0.15, 0.2) is 0 Å². The van der Waals surface area contributed by atoms with Crippen LogP contribution in [0.25, 0.3) is 0 Å². The highest BCUT2D eigenvalue weighted by molar-refractivity contribution is 9.10. The lowest BCUT2D eigenvalue weighted by Crippen LogP contribution is -2.24. The van der Waals surface area contributed by atoms with Gasteiger partial charge in [-0.15, -0.1) is 0 Å². The third-order valence-electron chi connectivity index (χ3n) is 3.15. The summed E-state index contributed by atoms with van der Waals surface area (Å²) >= 11 is 3.61. The van der Waals surface area contributed by atoms with E-state index in [0.717, 1.165) is 22.1 Å². The maximum Gasteiger partial charge on any atom is 0.128 e. The Hall–Kier alpha value is -1.39. The molecule has 3 nitrogen and oxygen atoms in total. The highest BCUT2D eigenvalue weighted by atomic mass is 79.9. The maximum atomic E-state index is 6.07. The van der Waals surface area contributed by atoms with E-state index in [0.29, 0.717) is 5.82 Å². The molecule has 0 amide bonds. The number of nitrogens with one attached hydrogen (secondary N) is 1. The van der Waals surface area contributed by atoms with Crippen LogP contribution in [0.3, 0.4) is 0 Å². The van der Waals surface area contributed by atoms with Crippen molar-refractivity contribution in [2.45, 2.75) is 19.9 Å². The molecule has 0 aliphatic carbocycles. The van der Waals surface area contributed by atoms with Crippen molar-refractivity contribution in [2.75, 3.05) is 12.3 Å². The Bertz CT molecular complexity index is 549. The number of pyridine rings is 1. The first kappa shape index (κ1) is 14.0. The van der Waals surface area contributed by atoms with Crippen molar-refractivity contribution in [1.82, 2.24) is 10.3 Å². The number of nitrogens with two attached hydrogens (primary N) is 1. The molecule has 2 aromatic rings. The zero-order valence-corrected chi connectivity index (χ0v) is 12.7. The number of halogens is 1. The van der Waals surface area contributed by atoms with Crippen LogP contribution < -0.4 is 11.1 Å². The second kappa shape index (κ2) is 6.17. The molecular weight excluding hydrogens is 302 g/mol. The molecule has 2 rings (SSSR count). The molecule has 0 aliphatic heterocycles. The molecular formula is C15H18BrN3. The summed E-state index contributed by atoms with van der Waals surface area (Å²) in [5.41, 5.74) is 9.45. The molecule has 0 aliphatic rings. The standard InChI is InChI=1S/C15H18BrN3/c1-3-18-14(11-6-4-5-7-12(11)16)13-10(2)8-9-19-15(13)17/h4-9,14,18H,3H2,1-2H3,(H2,17,19). The zero-order valence-electron chi connectivity index (χ0n) is 11.2. The van der Waals surface area contributed by atoms with Gasteiger partial charge in [-0.2, -0.15) is 0 Å². The van der Waals surface area contributed by atoms with Gasteiger partial charge in [0.2, 0.25) is 0 Å². The topological polar surface area (TPSA) is 50.9 Å². The maximum absolute atomic E-state index is 6.07. The minimum atomic E-state index is 0.0503. The number of benzene rings is 1. The fraction of sp³-hybridized carbons (Fsp3) is 0.267. The smallest absolute Gasteiger partial charge is 0.128 e. The minimum Gasteiger partial charge on any atom is -0.383 e. The minimum absolute atomic E-state index is 0.0503. The summed E-state index contributed by atoms with van der Waals surface area (Å²) in [6, 6.07) is 10.2. The van der Waals surface area contributed by atoms with Crippen molar-refractivity contribution in [2.24, 2.45) is 0 Å². The summed E-state index contributed by atoms with van der Waals surface area (Å²) in [5.74, 6) is 0.585. The molecule has 0 saturated carbocycles. The largest absolute Gasteiger partial charge is 0.383 e. The Morgan fingerprint density at radius 2 is 2.05 bits per heavy atom. The van der Waals surface area contributed by atoms with Gasteiger partial charge in [-0.05, 0) is 36.7 Å². The molecule has 1 aromatic heterocycles. The van der Waals surface area contributed by atoms with E-state index in [9.17, 15) is 0 Å². The Labute approximate surface area is 122 Å². The summed E-state index contributed by atoms with van der Waals surface area (Å²) in [6.07, 6.45) is 1.75. The fourth-order valence-electron chi connectivity index (χ4n) is 2.25. The second-order valence-electron chi connectivity index (χ2n) is 4.44. The quantitative estimate of drug-likeness (QED) is 0.907. The molecule has 1 atom stereocenters. The Morgan fingerprint density at radius 3 is 2.68 bits per heavy atom. The van der Waals surface area contributed by atoms with Crippen molar-refractivity contribution >= 4 is 21.7 Å². The van der Waals surface area contributed by atoms with Gasteiger partial charge in [-0.3, -0.25) is 0 Å². The predicted molar refractivity (Wildman–Crippen MR) is 83.0 cm³/mol. The number of aromatic nitrogens is 1. The monoisotopic (exact) mass is 319 g/mol. The van der Waals surface area contributed by atoms with E-state index in [1.54, 1.807) is 6.20 Å². The molecule has 1 unspecified atom stereocenters. The predicted octanol–water partition coefficient (Wildman–Crippen LogP) is 3.43. The van der Waals surface area contributed by atoms with Gasteiger partial charge >= 0.3 is 0 Å². The van der Waals surface area contributed by atoms with Gasteiger partial charge < -0.3 is 11.1 Å². The Morgan fingerprint density at radius 1 is 1.32 bits per heavy atom. The third kappa shape index (κ3) is 2.96. The van der Waals surface area contributed by atoms with Crippen LogP contribution >= 0.6 is 15.9 Å². The van der Waals surface area contributed by atoms with Crippen LogP contribution in [0.4, 0.5) is 5.82 Å². The van der Waals surface area contributed by atoms with Crippen LogP contribution in [-0.4, -0.2) is 11.5 Å². The first-order valence-corrected chi connectivity index (χ1v) is 7.13. The Kier molecular flexibility index (Phi) is 4.56. The fourth-order valence-corrected chi connectivity index (χ4v) is 2.76. The van der Waals surface area contributed by atoms with E-state index in [1.165, 1.54) is 5.56 Å². The molecule has 0 fully saturated rings. The average molecular weight is 320 g/mol. The molecule has 19 heavy (non-hydrogen) atoms. The number of aryl methyl sites for hydroxylation is 1. The summed E-state index contributed by atoms with van der Waals surface area (Å²) < 4.78 is 1.07. The van der Waals surface area contributed by atoms with Gasteiger partial charge in [-0.25, -0.2) is 4.98 Å². The van der Waals surface area contributed by atoms with E-state index in [4.69, 9.17) is 5.73 Å². The molecule has 0 bridgehead atoms. The van der Waals surface area contributed by atoms with Gasteiger partial charge in [0.05, 0.1) is 6.04 Å². The highest BCUT2D eigenvalue weighted by Crippen LogP contribution is 2.32. The van der Waals surface area contributed by atoms with Gasteiger partial charge in [0, 0.05) is 16.2 Å². The van der Waals surface area contributed by atoms with Gasteiger partial charge in [0.1, 0.15) is 5.82 Å².